The van der Waals surface area contributed by atoms with E-state index in [0.717, 1.165) is 149 Å². The van der Waals surface area contributed by atoms with E-state index in [4.69, 9.17) is 96.8 Å². The Bertz CT molecular complexity index is 4690. The Balaban J connectivity index is 0.000000158. The summed E-state index contributed by atoms with van der Waals surface area (Å²) in [6.45, 7) is 40.4. The molecule has 0 amide bonds. The third-order valence-corrected chi connectivity index (χ3v) is 25.2. The van der Waals surface area contributed by atoms with Crippen LogP contribution in [0.2, 0.25) is 13.0 Å². The standard InChI is InChI=1S/C27H32BClN2O4S.C21H20BrClN2O2S.C19H18BClN2O2S.C12H24B2O4/c1-8-20-16(2)30-25(23-11-12-24(29)36-23)31-22(20)14-18-9-10-21(19(13-18)15-33-17(3)32)28-34-26(4,5)27(6,7)35-28;1-4-16-12(2)24-21(19-7-8-20(23)28-19)25-18(16)10-14-5-6-17(22)15(9-14)11-27-13(3)26;1-3-14-11(2)22-19(17-6-7-18(21)26-17)23-16(14)9-12-4-5-15-13(8-12)10-25-20(15)24;1-9(2)10(3,4)16-13(15-9)14-17-11(5,6)12(7,8)18-14/h9-13H,8,14-15H2,1-7H3;5-9H,4,10-11H2,1-3H3;4-8,24H,3,9-10H2,1-2H3;1-8H3. The van der Waals surface area contributed by atoms with E-state index in [1.165, 1.54) is 53.4 Å². The van der Waals surface area contributed by atoms with Crippen LogP contribution in [0.1, 0.15) is 202 Å². The van der Waals surface area contributed by atoms with Crippen LogP contribution in [0, 0.1) is 20.8 Å². The van der Waals surface area contributed by atoms with Gasteiger partial charge in [0.25, 0.3) is 0 Å². The zero-order valence-electron chi connectivity index (χ0n) is 65.2. The molecule has 6 aromatic heterocycles. The number of thiophene rings is 3. The molecule has 4 aliphatic rings. The lowest BCUT2D eigenvalue weighted by Crippen LogP contribution is -2.41. The van der Waals surface area contributed by atoms with Crippen LogP contribution >= 0.6 is 84.7 Å². The Morgan fingerprint density at radius 1 is 0.472 bits per heavy atom. The van der Waals surface area contributed by atoms with Crippen LogP contribution in [0.3, 0.4) is 0 Å². The number of carbonyl (C=O) groups is 2. The number of ether oxygens (including phenoxy) is 2. The summed E-state index contributed by atoms with van der Waals surface area (Å²) in [5.74, 6) is 1.49. The predicted octanol–water partition coefficient (Wildman–Crippen LogP) is 17.6. The molecule has 0 saturated carbocycles. The third kappa shape index (κ3) is 20.0. The average molecular weight is 1650 g/mol. The van der Waals surface area contributed by atoms with Gasteiger partial charge in [0.2, 0.25) is 0 Å². The van der Waals surface area contributed by atoms with Crippen molar-refractivity contribution >= 4 is 136 Å². The number of hydrogen-bond donors (Lipinski definition) is 1. The second-order valence-electron chi connectivity index (χ2n) is 30.1. The first kappa shape index (κ1) is 84.7. The summed E-state index contributed by atoms with van der Waals surface area (Å²) in [4.78, 5) is 54.4. The first-order valence-electron chi connectivity index (χ1n) is 36.2. The van der Waals surface area contributed by atoms with E-state index in [0.29, 0.717) is 35.4 Å². The Labute approximate surface area is 672 Å². The highest BCUT2D eigenvalue weighted by molar-refractivity contribution is 9.10. The zero-order valence-corrected chi connectivity index (χ0v) is 71.5. The number of hydrogen-bond acceptors (Lipinski definition) is 21. The van der Waals surface area contributed by atoms with Crippen molar-refractivity contribution in [2.75, 3.05) is 0 Å². The first-order valence-corrected chi connectivity index (χ1v) is 40.6. The van der Waals surface area contributed by atoms with Gasteiger partial charge in [-0.25, -0.2) is 29.9 Å². The maximum atomic E-state index is 11.6. The van der Waals surface area contributed by atoms with Crippen molar-refractivity contribution in [3.05, 3.63) is 193 Å². The van der Waals surface area contributed by atoms with E-state index in [2.05, 4.69) is 70.9 Å². The van der Waals surface area contributed by atoms with Gasteiger partial charge in [-0.05, 0) is 221 Å². The van der Waals surface area contributed by atoms with Gasteiger partial charge in [-0.3, -0.25) is 9.59 Å². The summed E-state index contributed by atoms with van der Waals surface area (Å²) < 4.78 is 55.3. The van der Waals surface area contributed by atoms with Crippen molar-refractivity contribution < 1.29 is 56.7 Å². The van der Waals surface area contributed by atoms with Crippen molar-refractivity contribution in [1.82, 2.24) is 29.9 Å². The number of halogens is 4. The van der Waals surface area contributed by atoms with Gasteiger partial charge in [0, 0.05) is 60.2 Å². The van der Waals surface area contributed by atoms with Crippen LogP contribution in [0.25, 0.3) is 32.1 Å². The number of nitrogens with zero attached hydrogens (tertiary/aromatic N) is 6. The quantitative estimate of drug-likeness (QED) is 0.0624. The molecule has 29 heteroatoms. The molecular formula is C79H94B4BrCl3N6O12S3. The fourth-order valence-electron chi connectivity index (χ4n) is 12.7. The molecule has 0 bridgehead atoms. The minimum Gasteiger partial charge on any atom is -0.461 e. The molecule has 3 fully saturated rings. The number of esters is 2. The van der Waals surface area contributed by atoms with Crippen molar-refractivity contribution in [2.45, 2.75) is 230 Å². The maximum absolute atomic E-state index is 11.6. The summed E-state index contributed by atoms with van der Waals surface area (Å²) in [6, 6.07) is 29.8. The van der Waals surface area contributed by atoms with Gasteiger partial charge in [-0.1, -0.05) is 120 Å². The molecule has 13 rings (SSSR count). The van der Waals surface area contributed by atoms with Gasteiger partial charge in [0.05, 0.1) is 84.9 Å². The highest BCUT2D eigenvalue weighted by Crippen LogP contribution is 2.44. The maximum Gasteiger partial charge on any atom is 0.495 e. The lowest BCUT2D eigenvalue weighted by Gasteiger charge is -2.32. The molecule has 3 saturated heterocycles. The fourth-order valence-corrected chi connectivity index (χ4v) is 16.0. The minimum atomic E-state index is -0.804. The summed E-state index contributed by atoms with van der Waals surface area (Å²) >= 11 is 26.3. The molecular weight excluding hydrogens is 1550 g/mol. The molecule has 10 heterocycles. The van der Waals surface area contributed by atoms with E-state index in [1.807, 2.05) is 171 Å². The second-order valence-corrected chi connectivity index (χ2v) is 36.1. The Morgan fingerprint density at radius 2 is 0.806 bits per heavy atom. The number of fused-ring (bicyclic) bond motifs is 1. The fraction of sp³-hybridized carbons (Fsp3) is 0.443. The Hall–Kier alpha value is -5.77. The minimum absolute atomic E-state index is 0.144. The number of benzene rings is 3. The summed E-state index contributed by atoms with van der Waals surface area (Å²) in [6.07, 6.45) is 4.61. The third-order valence-electron chi connectivity index (χ3n) is 20.8. The highest BCUT2D eigenvalue weighted by atomic mass is 79.9. The summed E-state index contributed by atoms with van der Waals surface area (Å²) in [7, 11) is -2.30. The normalized spacial score (nSPS) is 16.8. The monoisotopic (exact) mass is 1640 g/mol. The van der Waals surface area contributed by atoms with Crippen molar-refractivity contribution in [3.63, 3.8) is 0 Å². The van der Waals surface area contributed by atoms with Crippen LogP contribution in [-0.4, -0.2) is 109 Å². The largest absolute Gasteiger partial charge is 0.495 e. The summed E-state index contributed by atoms with van der Waals surface area (Å²) in [5, 5.41) is 9.79. The van der Waals surface area contributed by atoms with Crippen molar-refractivity contribution in [3.8, 4) is 32.1 Å². The van der Waals surface area contributed by atoms with E-state index >= 15 is 0 Å². The number of aryl methyl sites for hydroxylation is 3. The molecule has 0 atom stereocenters. The van der Waals surface area contributed by atoms with Crippen molar-refractivity contribution in [2.24, 2.45) is 0 Å². The van der Waals surface area contributed by atoms with Crippen molar-refractivity contribution in [1.29, 1.82) is 0 Å². The SMILES string of the molecule is CC1(C)OB(B2OC(C)(C)C(C)(C)O2)OC1(C)C.CCc1c(C)nc(-c2ccc(Cl)s2)nc1Cc1ccc(B2OC(C)(C)C(C)(C)O2)c(COC(C)=O)c1.CCc1c(C)nc(-c2ccc(Cl)s2)nc1Cc1ccc(Br)c(COC(C)=O)c1.CCc1c(C)nc(-c2ccc(Cl)s2)nc1Cc1ccc2c(c1)COB2O. The van der Waals surface area contributed by atoms with Crippen LogP contribution in [0.5, 0.6) is 0 Å². The molecule has 18 nitrogen and oxygen atoms in total. The van der Waals surface area contributed by atoms with Gasteiger partial charge < -0.3 is 47.1 Å². The topological polar surface area (TPSA) is 215 Å². The smallest absolute Gasteiger partial charge is 0.461 e. The van der Waals surface area contributed by atoms with Crippen LogP contribution in [0.4, 0.5) is 0 Å². The predicted molar refractivity (Wildman–Crippen MR) is 440 cm³/mol. The van der Waals surface area contributed by atoms with E-state index in [-0.39, 0.29) is 47.6 Å². The van der Waals surface area contributed by atoms with Crippen LogP contribution in [-0.2, 0) is 110 Å². The molecule has 4 aliphatic heterocycles. The molecule has 0 radical (unpaired) electrons. The second kappa shape index (κ2) is 34.7. The number of rotatable bonds is 18. The molecule has 0 spiro atoms. The summed E-state index contributed by atoms with van der Waals surface area (Å²) in [5.41, 5.74) is 15.0. The molecule has 9 aromatic rings. The zero-order chi connectivity index (χ0) is 78.8. The van der Waals surface area contributed by atoms with E-state index in [9.17, 15) is 14.6 Å². The molecule has 0 aliphatic carbocycles. The molecule has 108 heavy (non-hydrogen) atoms. The van der Waals surface area contributed by atoms with E-state index < -0.39 is 39.5 Å². The lowest BCUT2D eigenvalue weighted by molar-refractivity contribution is -0.143. The van der Waals surface area contributed by atoms with Crippen LogP contribution < -0.4 is 10.9 Å². The van der Waals surface area contributed by atoms with Gasteiger partial charge in [-0.15, -0.1) is 34.0 Å². The van der Waals surface area contributed by atoms with Gasteiger partial charge >= 0.3 is 40.2 Å². The van der Waals surface area contributed by atoms with Gasteiger partial charge in [0.1, 0.15) is 13.2 Å². The molecule has 1 N–H and O–H groups in total. The molecule has 0 unspecified atom stereocenters. The first-order chi connectivity index (χ1) is 50.7. The average Bonchev–Trinajstić information content (AvgIpc) is 1.60. The molecule has 570 valence electrons. The van der Waals surface area contributed by atoms with E-state index in [1.54, 1.807) is 0 Å². The highest BCUT2D eigenvalue weighted by Gasteiger charge is 2.64. The lowest BCUT2D eigenvalue weighted by atomic mass is 9.49. The van der Waals surface area contributed by atoms with Gasteiger partial charge in [0.15, 0.2) is 17.5 Å². The Kier molecular flexibility index (Phi) is 27.2. The van der Waals surface area contributed by atoms with Gasteiger partial charge in [-0.2, -0.15) is 0 Å². The van der Waals surface area contributed by atoms with Crippen LogP contribution in [0.15, 0.2) is 95.5 Å². The number of aromatic nitrogens is 6. The molecule has 3 aromatic carbocycles. The number of carbonyl (C=O) groups excluding carboxylic acids is 2. The Morgan fingerprint density at radius 3 is 1.16 bits per heavy atom.